The Balaban J connectivity index is 2.15. The Kier molecular flexibility index (Phi) is 5.81. The van der Waals surface area contributed by atoms with Gasteiger partial charge in [-0.1, -0.05) is 0 Å². The minimum absolute atomic E-state index is 0.0674. The molecule has 1 fully saturated rings. The highest BCUT2D eigenvalue weighted by Crippen LogP contribution is 1.98. The van der Waals surface area contributed by atoms with E-state index in [0.29, 0.717) is 26.3 Å². The molecule has 2 N–H and O–H groups in total. The van der Waals surface area contributed by atoms with Crippen LogP contribution in [0.25, 0.3) is 0 Å². The molecule has 0 radical (unpaired) electrons. The van der Waals surface area contributed by atoms with E-state index in [4.69, 9.17) is 9.47 Å². The Morgan fingerprint density at radius 2 is 2.25 bits per heavy atom. The Labute approximate surface area is 94.7 Å². The van der Waals surface area contributed by atoms with E-state index in [1.165, 1.54) is 0 Å². The normalized spacial score (nSPS) is 20.3. The van der Waals surface area contributed by atoms with E-state index in [-0.39, 0.29) is 24.9 Å². The zero-order valence-electron chi connectivity index (χ0n) is 9.45. The Hall–Kier alpha value is -1.14. The van der Waals surface area contributed by atoms with E-state index in [2.05, 4.69) is 10.6 Å². The van der Waals surface area contributed by atoms with Crippen LogP contribution >= 0.6 is 0 Å². The SMILES string of the molecule is CCOCCOC(=O)C[C@@H]1NCCNC1=O. The Bertz CT molecular complexity index is 245. The van der Waals surface area contributed by atoms with Gasteiger partial charge in [0.05, 0.1) is 19.1 Å². The summed E-state index contributed by atoms with van der Waals surface area (Å²) in [5.74, 6) is -0.526. The van der Waals surface area contributed by atoms with Crippen LogP contribution < -0.4 is 10.6 Å². The third kappa shape index (κ3) is 4.59. The number of hydrogen-bond acceptors (Lipinski definition) is 5. The van der Waals surface area contributed by atoms with Gasteiger partial charge in [0, 0.05) is 19.7 Å². The van der Waals surface area contributed by atoms with E-state index in [1.807, 2.05) is 6.92 Å². The lowest BCUT2D eigenvalue weighted by Gasteiger charge is -2.22. The molecule has 0 aliphatic carbocycles. The maximum atomic E-state index is 11.3. The molecule has 6 heteroatoms. The molecule has 1 heterocycles. The van der Waals surface area contributed by atoms with Crippen molar-refractivity contribution in [3.05, 3.63) is 0 Å². The number of amides is 1. The Morgan fingerprint density at radius 3 is 2.94 bits per heavy atom. The van der Waals surface area contributed by atoms with Gasteiger partial charge in [-0.25, -0.2) is 0 Å². The first kappa shape index (κ1) is 12.9. The van der Waals surface area contributed by atoms with Crippen LogP contribution in [-0.2, 0) is 19.1 Å². The van der Waals surface area contributed by atoms with Crippen LogP contribution in [0, 0.1) is 0 Å². The van der Waals surface area contributed by atoms with Crippen molar-refractivity contribution in [2.24, 2.45) is 0 Å². The van der Waals surface area contributed by atoms with Crippen LogP contribution in [0.4, 0.5) is 0 Å². The summed E-state index contributed by atoms with van der Waals surface area (Å²) in [7, 11) is 0. The maximum Gasteiger partial charge on any atom is 0.307 e. The molecule has 0 saturated carbocycles. The number of ether oxygens (including phenoxy) is 2. The van der Waals surface area contributed by atoms with E-state index in [0.717, 1.165) is 0 Å². The molecule has 6 nitrogen and oxygen atoms in total. The van der Waals surface area contributed by atoms with Crippen LogP contribution in [-0.4, -0.2) is 50.8 Å². The van der Waals surface area contributed by atoms with Gasteiger partial charge >= 0.3 is 5.97 Å². The van der Waals surface area contributed by atoms with Gasteiger partial charge < -0.3 is 20.1 Å². The summed E-state index contributed by atoms with van der Waals surface area (Å²) in [5.41, 5.74) is 0. The number of piperazine rings is 1. The van der Waals surface area contributed by atoms with Crippen molar-refractivity contribution in [2.45, 2.75) is 19.4 Å². The summed E-state index contributed by atoms with van der Waals surface area (Å²) in [6.45, 7) is 4.40. The van der Waals surface area contributed by atoms with Crippen LogP contribution in [0.5, 0.6) is 0 Å². The second-order valence-corrected chi connectivity index (χ2v) is 3.42. The first-order chi connectivity index (χ1) is 7.74. The lowest BCUT2D eigenvalue weighted by Crippen LogP contribution is -2.53. The van der Waals surface area contributed by atoms with Crippen LogP contribution in [0.2, 0.25) is 0 Å². The summed E-state index contributed by atoms with van der Waals surface area (Å²) in [6.07, 6.45) is 0.0674. The van der Waals surface area contributed by atoms with Gasteiger partial charge in [-0.2, -0.15) is 0 Å². The van der Waals surface area contributed by atoms with Gasteiger partial charge in [-0.15, -0.1) is 0 Å². The lowest BCUT2D eigenvalue weighted by atomic mass is 10.1. The molecule has 0 spiro atoms. The van der Waals surface area contributed by atoms with Crippen LogP contribution in [0.1, 0.15) is 13.3 Å². The molecular formula is C10H18N2O4. The average molecular weight is 230 g/mol. The monoisotopic (exact) mass is 230 g/mol. The fourth-order valence-electron chi connectivity index (χ4n) is 1.40. The minimum Gasteiger partial charge on any atom is -0.463 e. The summed E-state index contributed by atoms with van der Waals surface area (Å²) < 4.78 is 9.93. The number of carbonyl (C=O) groups is 2. The van der Waals surface area contributed by atoms with Gasteiger partial charge in [-0.05, 0) is 6.92 Å². The minimum atomic E-state index is -0.464. The molecule has 0 aromatic rings. The molecular weight excluding hydrogens is 212 g/mol. The zero-order chi connectivity index (χ0) is 11.8. The van der Waals surface area contributed by atoms with Gasteiger partial charge in [0.25, 0.3) is 0 Å². The molecule has 1 saturated heterocycles. The van der Waals surface area contributed by atoms with Gasteiger partial charge in [-0.3, -0.25) is 9.59 Å². The Morgan fingerprint density at radius 1 is 1.44 bits per heavy atom. The molecule has 1 aliphatic rings. The quantitative estimate of drug-likeness (QED) is 0.454. The molecule has 0 unspecified atom stereocenters. The van der Waals surface area contributed by atoms with Gasteiger partial charge in [0.2, 0.25) is 5.91 Å². The predicted octanol–water partition coefficient (Wildman–Crippen LogP) is -0.956. The van der Waals surface area contributed by atoms with Crippen molar-refractivity contribution < 1.29 is 19.1 Å². The predicted molar refractivity (Wildman–Crippen MR) is 56.9 cm³/mol. The first-order valence-corrected chi connectivity index (χ1v) is 5.48. The van der Waals surface area contributed by atoms with E-state index >= 15 is 0 Å². The third-order valence-electron chi connectivity index (χ3n) is 2.20. The number of rotatable bonds is 6. The molecule has 16 heavy (non-hydrogen) atoms. The molecule has 0 aromatic heterocycles. The molecule has 1 aliphatic heterocycles. The van der Waals surface area contributed by atoms with Crippen molar-refractivity contribution in [1.82, 2.24) is 10.6 Å². The fourth-order valence-corrected chi connectivity index (χ4v) is 1.40. The van der Waals surface area contributed by atoms with Crippen molar-refractivity contribution >= 4 is 11.9 Å². The topological polar surface area (TPSA) is 76.7 Å². The number of carbonyl (C=O) groups excluding carboxylic acids is 2. The smallest absolute Gasteiger partial charge is 0.307 e. The summed E-state index contributed by atoms with van der Waals surface area (Å²) in [6, 6.07) is -0.464. The fraction of sp³-hybridized carbons (Fsp3) is 0.800. The van der Waals surface area contributed by atoms with Crippen molar-refractivity contribution in [3.8, 4) is 0 Å². The van der Waals surface area contributed by atoms with Gasteiger partial charge in [0.15, 0.2) is 0 Å². The molecule has 0 bridgehead atoms. The first-order valence-electron chi connectivity index (χ1n) is 5.48. The summed E-state index contributed by atoms with van der Waals surface area (Å²) >= 11 is 0. The van der Waals surface area contributed by atoms with E-state index in [9.17, 15) is 9.59 Å². The number of hydrogen-bond donors (Lipinski definition) is 2. The molecule has 1 amide bonds. The summed E-state index contributed by atoms with van der Waals surface area (Å²) in [5, 5.41) is 5.64. The zero-order valence-corrected chi connectivity index (χ0v) is 9.45. The van der Waals surface area contributed by atoms with Crippen LogP contribution in [0.3, 0.4) is 0 Å². The number of esters is 1. The molecule has 1 rings (SSSR count). The second kappa shape index (κ2) is 7.19. The second-order valence-electron chi connectivity index (χ2n) is 3.42. The van der Waals surface area contributed by atoms with Crippen molar-refractivity contribution in [3.63, 3.8) is 0 Å². The molecule has 92 valence electrons. The van der Waals surface area contributed by atoms with E-state index < -0.39 is 6.04 Å². The maximum absolute atomic E-state index is 11.3. The van der Waals surface area contributed by atoms with E-state index in [1.54, 1.807) is 0 Å². The highest BCUT2D eigenvalue weighted by atomic mass is 16.6. The highest BCUT2D eigenvalue weighted by Gasteiger charge is 2.24. The molecule has 0 aromatic carbocycles. The van der Waals surface area contributed by atoms with Crippen LogP contribution in [0.15, 0.2) is 0 Å². The standard InChI is InChI=1S/C10H18N2O4/c1-2-15-5-6-16-9(13)7-8-10(14)12-4-3-11-8/h8,11H,2-7H2,1H3,(H,12,14)/t8-/m0/s1. The lowest BCUT2D eigenvalue weighted by molar-refractivity contribution is -0.147. The van der Waals surface area contributed by atoms with Crippen molar-refractivity contribution in [1.29, 1.82) is 0 Å². The number of nitrogens with one attached hydrogen (secondary N) is 2. The highest BCUT2D eigenvalue weighted by molar-refractivity contribution is 5.87. The largest absolute Gasteiger partial charge is 0.463 e. The average Bonchev–Trinajstić information content (AvgIpc) is 2.28. The molecule has 1 atom stereocenters. The third-order valence-corrected chi connectivity index (χ3v) is 2.20. The summed E-state index contributed by atoms with van der Waals surface area (Å²) in [4.78, 5) is 22.6. The van der Waals surface area contributed by atoms with Crippen molar-refractivity contribution in [2.75, 3.05) is 32.9 Å². The van der Waals surface area contributed by atoms with Gasteiger partial charge in [0.1, 0.15) is 6.61 Å².